The fourth-order valence-electron chi connectivity index (χ4n) is 2.78. The minimum absolute atomic E-state index is 0.120. The van der Waals surface area contributed by atoms with Gasteiger partial charge in [-0.25, -0.2) is 4.79 Å². The maximum Gasteiger partial charge on any atom is 0.332 e. The monoisotopic (exact) mass is 287 g/mol. The Kier molecular flexibility index (Phi) is 4.16. The zero-order chi connectivity index (χ0) is 15.6. The van der Waals surface area contributed by atoms with E-state index in [9.17, 15) is 9.59 Å². The quantitative estimate of drug-likeness (QED) is 0.618. The van der Waals surface area contributed by atoms with Gasteiger partial charge in [0.25, 0.3) is 0 Å². The molecule has 0 bridgehead atoms. The number of carbonyl (C=O) groups excluding carboxylic acids is 2. The second kappa shape index (κ2) is 5.72. The number of anilines is 1. The number of amides is 1. The van der Waals surface area contributed by atoms with Crippen LogP contribution < -0.4 is 4.90 Å². The van der Waals surface area contributed by atoms with Crippen LogP contribution in [0.15, 0.2) is 30.9 Å². The van der Waals surface area contributed by atoms with Crippen molar-refractivity contribution >= 4 is 17.6 Å². The first kappa shape index (κ1) is 15.3. The fraction of sp³-hybridized carbons (Fsp3) is 0.412. The summed E-state index contributed by atoms with van der Waals surface area (Å²) in [7, 11) is 1.36. The van der Waals surface area contributed by atoms with E-state index < -0.39 is 5.54 Å². The Bertz CT molecular complexity index is 567. The van der Waals surface area contributed by atoms with Crippen LogP contribution in [-0.2, 0) is 14.3 Å². The first-order valence-corrected chi connectivity index (χ1v) is 7.06. The molecule has 1 amide bonds. The minimum Gasteiger partial charge on any atom is -0.467 e. The van der Waals surface area contributed by atoms with Gasteiger partial charge in [-0.3, -0.25) is 9.69 Å². The molecule has 4 heteroatoms. The summed E-state index contributed by atoms with van der Waals surface area (Å²) in [6.45, 7) is 7.52. The lowest BCUT2D eigenvalue weighted by molar-refractivity contribution is -0.144. The van der Waals surface area contributed by atoms with E-state index in [1.807, 2.05) is 32.0 Å². The molecule has 2 rings (SSSR count). The molecular weight excluding hydrogens is 266 g/mol. The molecule has 1 saturated carbocycles. The normalized spacial score (nSPS) is 15.2. The minimum atomic E-state index is -0.842. The first-order chi connectivity index (χ1) is 9.97. The van der Waals surface area contributed by atoms with Gasteiger partial charge in [-0.1, -0.05) is 24.3 Å². The molecule has 1 aliphatic carbocycles. The van der Waals surface area contributed by atoms with Crippen molar-refractivity contribution in [1.82, 2.24) is 0 Å². The maximum atomic E-state index is 12.6. The highest BCUT2D eigenvalue weighted by atomic mass is 16.5. The molecule has 0 atom stereocenters. The van der Waals surface area contributed by atoms with Crippen molar-refractivity contribution in [3.05, 3.63) is 42.0 Å². The number of esters is 1. The van der Waals surface area contributed by atoms with Crippen LogP contribution in [-0.4, -0.2) is 24.5 Å². The van der Waals surface area contributed by atoms with Crippen molar-refractivity contribution < 1.29 is 14.3 Å². The van der Waals surface area contributed by atoms with Crippen molar-refractivity contribution in [3.63, 3.8) is 0 Å². The third-order valence-electron chi connectivity index (χ3n) is 3.95. The number of para-hydroxylation sites is 1. The number of benzene rings is 1. The molecule has 0 spiro atoms. The van der Waals surface area contributed by atoms with Crippen molar-refractivity contribution in [2.24, 2.45) is 0 Å². The number of aryl methyl sites for hydroxylation is 2. The molecule has 0 saturated heterocycles. The van der Waals surface area contributed by atoms with Gasteiger partial charge in [0.1, 0.15) is 5.54 Å². The van der Waals surface area contributed by atoms with E-state index >= 15 is 0 Å². The predicted molar refractivity (Wildman–Crippen MR) is 82.2 cm³/mol. The number of nitrogens with zero attached hydrogens (tertiary/aromatic N) is 1. The largest absolute Gasteiger partial charge is 0.467 e. The summed E-state index contributed by atoms with van der Waals surface area (Å²) in [6.07, 6.45) is 3.04. The van der Waals surface area contributed by atoms with E-state index in [2.05, 4.69) is 6.58 Å². The molecule has 0 radical (unpaired) electrons. The van der Waals surface area contributed by atoms with Crippen molar-refractivity contribution in [3.8, 4) is 0 Å². The van der Waals surface area contributed by atoms with E-state index in [4.69, 9.17) is 4.74 Å². The molecule has 0 unspecified atom stereocenters. The Labute approximate surface area is 125 Å². The molecule has 1 aromatic carbocycles. The highest BCUT2D eigenvalue weighted by Crippen LogP contribution is 2.47. The van der Waals surface area contributed by atoms with Crippen molar-refractivity contribution in [2.75, 3.05) is 12.0 Å². The molecular formula is C17H21NO3. The summed E-state index contributed by atoms with van der Waals surface area (Å²) >= 11 is 0. The number of rotatable bonds is 5. The van der Waals surface area contributed by atoms with E-state index in [1.165, 1.54) is 7.11 Å². The summed E-state index contributed by atoms with van der Waals surface area (Å²) in [5.74, 6) is -0.465. The maximum absolute atomic E-state index is 12.6. The zero-order valence-corrected chi connectivity index (χ0v) is 12.8. The molecule has 0 N–H and O–H groups in total. The third kappa shape index (κ3) is 2.58. The smallest absolute Gasteiger partial charge is 0.332 e. The van der Waals surface area contributed by atoms with Crippen LogP contribution >= 0.6 is 0 Å². The number of hydrogen-bond acceptors (Lipinski definition) is 3. The van der Waals surface area contributed by atoms with Crippen LogP contribution in [0.4, 0.5) is 5.69 Å². The molecule has 1 aromatic rings. The van der Waals surface area contributed by atoms with Crippen LogP contribution in [0, 0.1) is 13.8 Å². The summed E-state index contributed by atoms with van der Waals surface area (Å²) < 4.78 is 4.93. The molecule has 4 nitrogen and oxygen atoms in total. The highest BCUT2D eigenvalue weighted by Gasteiger charge is 2.58. The van der Waals surface area contributed by atoms with Crippen LogP contribution in [0.1, 0.15) is 30.4 Å². The Morgan fingerprint density at radius 1 is 1.33 bits per heavy atom. The lowest BCUT2D eigenvalue weighted by Gasteiger charge is -2.32. The molecule has 1 aliphatic rings. The van der Waals surface area contributed by atoms with Crippen LogP contribution in [0.25, 0.3) is 0 Å². The summed E-state index contributed by atoms with van der Waals surface area (Å²) in [5.41, 5.74) is 1.92. The summed E-state index contributed by atoms with van der Waals surface area (Å²) in [5, 5.41) is 0. The lowest BCUT2D eigenvalue weighted by Crippen LogP contribution is -2.48. The number of carbonyl (C=O) groups is 2. The fourth-order valence-corrected chi connectivity index (χ4v) is 2.78. The second-order valence-electron chi connectivity index (χ2n) is 5.49. The Morgan fingerprint density at radius 3 is 2.33 bits per heavy atom. The topological polar surface area (TPSA) is 46.6 Å². The molecule has 1 fully saturated rings. The zero-order valence-electron chi connectivity index (χ0n) is 12.8. The number of hydrogen-bond donors (Lipinski definition) is 0. The lowest BCUT2D eigenvalue weighted by atomic mass is 10.0. The van der Waals surface area contributed by atoms with Crippen molar-refractivity contribution in [2.45, 2.75) is 38.6 Å². The molecule has 0 aliphatic heterocycles. The van der Waals surface area contributed by atoms with E-state index in [1.54, 1.807) is 11.0 Å². The average Bonchev–Trinajstić information content (AvgIpc) is 3.23. The van der Waals surface area contributed by atoms with Gasteiger partial charge in [0.05, 0.1) is 12.8 Å². The standard InChI is InChI=1S/C17H21NO3/c1-5-7-14(19)18(17(10-11-17)16(20)21-4)15-12(2)8-6-9-13(15)3/h5-6,8-9H,1,7,10-11H2,2-4H3. The Balaban J connectivity index is 2.55. The van der Waals surface area contributed by atoms with Gasteiger partial charge in [0.2, 0.25) is 5.91 Å². The summed E-state index contributed by atoms with van der Waals surface area (Å²) in [6, 6.07) is 5.84. The highest BCUT2D eigenvalue weighted by molar-refractivity contribution is 6.05. The van der Waals surface area contributed by atoms with E-state index in [0.29, 0.717) is 12.8 Å². The predicted octanol–water partition coefficient (Wildman–Crippen LogP) is 2.92. The SMILES string of the molecule is C=CCC(=O)N(c1c(C)cccc1C)C1(C(=O)OC)CC1. The van der Waals surface area contributed by atoms with Crippen LogP contribution in [0.5, 0.6) is 0 Å². The first-order valence-electron chi connectivity index (χ1n) is 7.06. The van der Waals surface area contributed by atoms with Gasteiger partial charge in [-0.2, -0.15) is 0 Å². The Morgan fingerprint density at radius 2 is 1.90 bits per heavy atom. The molecule has 0 heterocycles. The van der Waals surface area contributed by atoms with Gasteiger partial charge in [-0.05, 0) is 37.8 Å². The van der Waals surface area contributed by atoms with Crippen LogP contribution in [0.2, 0.25) is 0 Å². The van der Waals surface area contributed by atoms with Crippen LogP contribution in [0.3, 0.4) is 0 Å². The molecule has 112 valence electrons. The van der Waals surface area contributed by atoms with Crippen molar-refractivity contribution in [1.29, 1.82) is 0 Å². The van der Waals surface area contributed by atoms with E-state index in [-0.39, 0.29) is 18.3 Å². The van der Waals surface area contributed by atoms with E-state index in [0.717, 1.165) is 16.8 Å². The van der Waals surface area contributed by atoms with Gasteiger partial charge in [-0.15, -0.1) is 6.58 Å². The van der Waals surface area contributed by atoms with Gasteiger partial charge in [0, 0.05) is 6.42 Å². The average molecular weight is 287 g/mol. The Hall–Kier alpha value is -2.10. The van der Waals surface area contributed by atoms with Gasteiger partial charge < -0.3 is 4.74 Å². The van der Waals surface area contributed by atoms with Gasteiger partial charge in [0.15, 0.2) is 0 Å². The number of methoxy groups -OCH3 is 1. The third-order valence-corrected chi connectivity index (χ3v) is 3.95. The summed E-state index contributed by atoms with van der Waals surface area (Å²) in [4.78, 5) is 26.4. The molecule has 0 aromatic heterocycles. The second-order valence-corrected chi connectivity index (χ2v) is 5.49. The molecule has 21 heavy (non-hydrogen) atoms. The van der Waals surface area contributed by atoms with Gasteiger partial charge >= 0.3 is 5.97 Å². The number of ether oxygens (including phenoxy) is 1.